The third-order valence-corrected chi connectivity index (χ3v) is 6.07. The summed E-state index contributed by atoms with van der Waals surface area (Å²) >= 11 is 0. The van der Waals surface area contributed by atoms with Crippen LogP contribution < -0.4 is 10.9 Å². The van der Waals surface area contributed by atoms with Gasteiger partial charge in [-0.2, -0.15) is 0 Å². The van der Waals surface area contributed by atoms with Crippen LogP contribution in [-0.2, 0) is 13.1 Å². The molecule has 31 heavy (non-hydrogen) atoms. The van der Waals surface area contributed by atoms with Crippen LogP contribution in [0.4, 0.5) is 0 Å². The Balaban J connectivity index is 1.42. The largest absolute Gasteiger partial charge is 0.348 e. The SMILES string of the molecule is CC1CCN(Cc2ccccc2CNC(=O)c2ccc(-c3ccccc3)[nH]c2=O)CC1. The Kier molecular flexibility index (Phi) is 6.63. The molecule has 0 saturated carbocycles. The maximum Gasteiger partial charge on any atom is 0.261 e. The van der Waals surface area contributed by atoms with Crippen molar-refractivity contribution in [2.45, 2.75) is 32.9 Å². The predicted molar refractivity (Wildman–Crippen MR) is 124 cm³/mol. The van der Waals surface area contributed by atoms with E-state index in [4.69, 9.17) is 0 Å². The van der Waals surface area contributed by atoms with Gasteiger partial charge < -0.3 is 10.3 Å². The van der Waals surface area contributed by atoms with E-state index in [2.05, 4.69) is 28.2 Å². The Bertz CT molecular complexity index is 1080. The normalized spacial score (nSPS) is 15.0. The van der Waals surface area contributed by atoms with Crippen LogP contribution in [0, 0.1) is 5.92 Å². The van der Waals surface area contributed by atoms with Crippen LogP contribution in [0.25, 0.3) is 11.3 Å². The van der Waals surface area contributed by atoms with E-state index >= 15 is 0 Å². The van der Waals surface area contributed by atoms with Gasteiger partial charge in [0, 0.05) is 18.8 Å². The van der Waals surface area contributed by atoms with Crippen molar-refractivity contribution in [3.63, 3.8) is 0 Å². The Morgan fingerprint density at radius 1 is 0.968 bits per heavy atom. The van der Waals surface area contributed by atoms with E-state index < -0.39 is 0 Å². The van der Waals surface area contributed by atoms with E-state index in [0.29, 0.717) is 12.2 Å². The highest BCUT2D eigenvalue weighted by atomic mass is 16.2. The van der Waals surface area contributed by atoms with Gasteiger partial charge in [-0.3, -0.25) is 14.5 Å². The maximum absolute atomic E-state index is 12.7. The molecular formula is C26H29N3O2. The first-order chi connectivity index (χ1) is 15.1. The van der Waals surface area contributed by atoms with Gasteiger partial charge in [0.05, 0.1) is 0 Å². The topological polar surface area (TPSA) is 65.2 Å². The summed E-state index contributed by atoms with van der Waals surface area (Å²) in [7, 11) is 0. The summed E-state index contributed by atoms with van der Waals surface area (Å²) in [5, 5.41) is 2.92. The Morgan fingerprint density at radius 3 is 2.35 bits per heavy atom. The van der Waals surface area contributed by atoms with E-state index in [-0.39, 0.29) is 17.0 Å². The van der Waals surface area contributed by atoms with Crippen LogP contribution in [0.3, 0.4) is 0 Å². The molecule has 0 spiro atoms. The second-order valence-corrected chi connectivity index (χ2v) is 8.39. The van der Waals surface area contributed by atoms with Gasteiger partial charge in [-0.25, -0.2) is 0 Å². The number of likely N-dealkylation sites (tertiary alicyclic amines) is 1. The molecule has 2 aromatic carbocycles. The van der Waals surface area contributed by atoms with Gasteiger partial charge in [-0.15, -0.1) is 0 Å². The first kappa shape index (κ1) is 21.1. The van der Waals surface area contributed by atoms with Crippen LogP contribution in [0.15, 0.2) is 71.5 Å². The van der Waals surface area contributed by atoms with Crippen LogP contribution >= 0.6 is 0 Å². The lowest BCUT2D eigenvalue weighted by Crippen LogP contribution is -2.33. The number of hydrogen-bond donors (Lipinski definition) is 2. The van der Waals surface area contributed by atoms with Crippen molar-refractivity contribution >= 4 is 5.91 Å². The molecule has 1 aliphatic heterocycles. The summed E-state index contributed by atoms with van der Waals surface area (Å²) in [6, 6.07) is 21.2. The van der Waals surface area contributed by atoms with Crippen molar-refractivity contribution < 1.29 is 4.79 Å². The molecule has 5 heteroatoms. The third kappa shape index (κ3) is 5.30. The number of amides is 1. The Labute approximate surface area is 183 Å². The summed E-state index contributed by atoms with van der Waals surface area (Å²) in [4.78, 5) is 30.5. The van der Waals surface area contributed by atoms with Gasteiger partial charge in [0.2, 0.25) is 0 Å². The van der Waals surface area contributed by atoms with Crippen LogP contribution in [0.1, 0.15) is 41.3 Å². The molecule has 3 aromatic rings. The van der Waals surface area contributed by atoms with E-state index in [1.807, 2.05) is 48.5 Å². The number of aromatic nitrogens is 1. The number of piperidine rings is 1. The Morgan fingerprint density at radius 2 is 1.65 bits per heavy atom. The summed E-state index contributed by atoms with van der Waals surface area (Å²) < 4.78 is 0. The van der Waals surface area contributed by atoms with E-state index in [9.17, 15) is 9.59 Å². The molecule has 0 aliphatic carbocycles. The summed E-state index contributed by atoms with van der Waals surface area (Å²) in [5.74, 6) is 0.444. The molecule has 4 rings (SSSR count). The number of pyridine rings is 1. The molecule has 1 aliphatic rings. The molecule has 0 unspecified atom stereocenters. The predicted octanol–water partition coefficient (Wildman–Crippen LogP) is 4.20. The van der Waals surface area contributed by atoms with Gasteiger partial charge in [-0.05, 0) is 60.7 Å². The second kappa shape index (κ2) is 9.75. The van der Waals surface area contributed by atoms with E-state index in [1.165, 1.54) is 18.4 Å². The maximum atomic E-state index is 12.7. The molecule has 1 amide bonds. The minimum Gasteiger partial charge on any atom is -0.348 e. The van der Waals surface area contributed by atoms with Gasteiger partial charge in [0.1, 0.15) is 5.56 Å². The molecule has 5 nitrogen and oxygen atoms in total. The van der Waals surface area contributed by atoms with Gasteiger partial charge in [0.15, 0.2) is 0 Å². The standard InChI is InChI=1S/C26H29N3O2/c1-19-13-15-29(16-14-19)18-22-10-6-5-9-21(22)17-27-25(30)23-11-12-24(28-26(23)31)20-7-3-2-4-8-20/h2-12,19H,13-18H2,1H3,(H,27,30)(H,28,31). The average molecular weight is 416 g/mol. The smallest absolute Gasteiger partial charge is 0.261 e. The van der Waals surface area contributed by atoms with Crippen LogP contribution in [-0.4, -0.2) is 28.9 Å². The third-order valence-electron chi connectivity index (χ3n) is 6.07. The lowest BCUT2D eigenvalue weighted by Gasteiger charge is -2.30. The quantitative estimate of drug-likeness (QED) is 0.634. The van der Waals surface area contributed by atoms with Crippen LogP contribution in [0.5, 0.6) is 0 Å². The summed E-state index contributed by atoms with van der Waals surface area (Å²) in [6.07, 6.45) is 2.47. The fraction of sp³-hybridized carbons (Fsp3) is 0.308. The number of carbonyl (C=O) groups excluding carboxylic acids is 1. The van der Waals surface area contributed by atoms with Crippen LogP contribution in [0.2, 0.25) is 0 Å². The minimum absolute atomic E-state index is 0.127. The average Bonchev–Trinajstić information content (AvgIpc) is 2.80. The first-order valence-corrected chi connectivity index (χ1v) is 11.0. The van der Waals surface area contributed by atoms with Gasteiger partial charge in [0.25, 0.3) is 11.5 Å². The number of rotatable bonds is 6. The highest BCUT2D eigenvalue weighted by molar-refractivity contribution is 5.94. The molecule has 2 N–H and O–H groups in total. The molecule has 0 bridgehead atoms. The molecular weight excluding hydrogens is 386 g/mol. The number of H-pyrrole nitrogens is 1. The summed E-state index contributed by atoms with van der Waals surface area (Å²) in [5.41, 5.74) is 3.67. The number of benzene rings is 2. The van der Waals surface area contributed by atoms with Crippen molar-refractivity contribution in [2.75, 3.05) is 13.1 Å². The fourth-order valence-electron chi connectivity index (χ4n) is 4.05. The van der Waals surface area contributed by atoms with Crippen molar-refractivity contribution in [1.82, 2.24) is 15.2 Å². The summed E-state index contributed by atoms with van der Waals surface area (Å²) in [6.45, 7) is 5.84. The zero-order valence-corrected chi connectivity index (χ0v) is 17.9. The minimum atomic E-state index is -0.380. The van der Waals surface area contributed by atoms with Crippen molar-refractivity contribution in [1.29, 1.82) is 0 Å². The number of hydrogen-bond acceptors (Lipinski definition) is 3. The zero-order chi connectivity index (χ0) is 21.6. The monoisotopic (exact) mass is 415 g/mol. The molecule has 160 valence electrons. The molecule has 1 saturated heterocycles. The van der Waals surface area contributed by atoms with E-state index in [0.717, 1.165) is 36.7 Å². The number of nitrogens with one attached hydrogen (secondary N) is 2. The molecule has 0 atom stereocenters. The van der Waals surface area contributed by atoms with Crippen molar-refractivity contribution in [3.05, 3.63) is 93.8 Å². The lowest BCUT2D eigenvalue weighted by atomic mass is 9.98. The molecule has 1 aromatic heterocycles. The highest BCUT2D eigenvalue weighted by Gasteiger charge is 2.17. The Hall–Kier alpha value is -3.18. The highest BCUT2D eigenvalue weighted by Crippen LogP contribution is 2.20. The van der Waals surface area contributed by atoms with Crippen molar-refractivity contribution in [3.8, 4) is 11.3 Å². The molecule has 1 fully saturated rings. The number of aromatic amines is 1. The number of nitrogens with zero attached hydrogens (tertiary/aromatic N) is 1. The van der Waals surface area contributed by atoms with E-state index in [1.54, 1.807) is 12.1 Å². The molecule has 2 heterocycles. The van der Waals surface area contributed by atoms with Gasteiger partial charge in [-0.1, -0.05) is 61.5 Å². The zero-order valence-electron chi connectivity index (χ0n) is 17.9. The second-order valence-electron chi connectivity index (χ2n) is 8.39. The first-order valence-electron chi connectivity index (χ1n) is 11.0. The molecule has 0 radical (unpaired) electrons. The number of carbonyl (C=O) groups is 1. The van der Waals surface area contributed by atoms with Gasteiger partial charge >= 0.3 is 0 Å². The van der Waals surface area contributed by atoms with Crippen molar-refractivity contribution in [2.24, 2.45) is 5.92 Å². The fourth-order valence-corrected chi connectivity index (χ4v) is 4.05. The lowest BCUT2D eigenvalue weighted by molar-refractivity contribution is 0.0949.